The van der Waals surface area contributed by atoms with Gasteiger partial charge in [0.1, 0.15) is 0 Å². The summed E-state index contributed by atoms with van der Waals surface area (Å²) in [4.78, 5) is 9.89. The minimum absolute atomic E-state index is 0.0250. The number of alkyl halides is 1. The summed E-state index contributed by atoms with van der Waals surface area (Å²) < 4.78 is 0. The van der Waals surface area contributed by atoms with E-state index in [-0.39, 0.29) is 5.69 Å². The van der Waals surface area contributed by atoms with Crippen molar-refractivity contribution in [1.82, 2.24) is 0 Å². The van der Waals surface area contributed by atoms with Crippen molar-refractivity contribution in [3.05, 3.63) is 38.9 Å². The van der Waals surface area contributed by atoms with Gasteiger partial charge in [0.15, 0.2) is 0 Å². The number of nitro benzene ring substituents is 1. The Morgan fingerprint density at radius 3 is 2.67 bits per heavy atom. The molecule has 3 nitrogen and oxygen atoms in total. The van der Waals surface area contributed by atoms with Crippen LogP contribution in [0.2, 0.25) is 5.02 Å². The highest BCUT2D eigenvalue weighted by Gasteiger charge is 2.07. The Hall–Kier alpha value is -0.610. The van der Waals surface area contributed by atoms with Crippen molar-refractivity contribution < 1.29 is 4.92 Å². The molecule has 0 bridgehead atoms. The number of hydrogen-bond donors (Lipinski definition) is 0. The van der Waals surface area contributed by atoms with E-state index in [4.69, 9.17) is 11.6 Å². The summed E-state index contributed by atoms with van der Waals surface area (Å²) in [6.45, 7) is 0. The van der Waals surface area contributed by atoms with Crippen LogP contribution in [0.15, 0.2) is 18.2 Å². The molecule has 0 saturated carbocycles. The molecule has 0 atom stereocenters. The summed E-state index contributed by atoms with van der Waals surface area (Å²) in [5.74, 6) is 0. The van der Waals surface area contributed by atoms with Crippen LogP contribution >= 0.6 is 27.5 Å². The highest BCUT2D eigenvalue weighted by atomic mass is 79.9. The number of non-ortho nitro benzene ring substituents is 1. The van der Waals surface area contributed by atoms with E-state index >= 15 is 0 Å². The molecule has 0 unspecified atom stereocenters. The van der Waals surface area contributed by atoms with Crippen molar-refractivity contribution in [2.75, 3.05) is 0 Å². The van der Waals surface area contributed by atoms with Crippen molar-refractivity contribution in [2.45, 2.75) is 5.33 Å². The van der Waals surface area contributed by atoms with Crippen LogP contribution in [0, 0.1) is 10.1 Å². The molecular formula is C7H5BrClNO2. The van der Waals surface area contributed by atoms with E-state index in [0.717, 1.165) is 5.56 Å². The minimum Gasteiger partial charge on any atom is -0.258 e. The second-order valence-corrected chi connectivity index (χ2v) is 3.21. The van der Waals surface area contributed by atoms with Gasteiger partial charge < -0.3 is 0 Å². The van der Waals surface area contributed by atoms with Crippen molar-refractivity contribution in [3.63, 3.8) is 0 Å². The zero-order chi connectivity index (χ0) is 9.14. The number of benzene rings is 1. The lowest BCUT2D eigenvalue weighted by Crippen LogP contribution is -1.89. The molecule has 0 N–H and O–H groups in total. The number of hydrogen-bond acceptors (Lipinski definition) is 2. The van der Waals surface area contributed by atoms with Crippen LogP contribution in [-0.2, 0) is 5.33 Å². The molecule has 0 aromatic heterocycles. The smallest absolute Gasteiger partial charge is 0.258 e. The van der Waals surface area contributed by atoms with Crippen molar-refractivity contribution in [3.8, 4) is 0 Å². The lowest BCUT2D eigenvalue weighted by atomic mass is 10.2. The first kappa shape index (κ1) is 9.48. The molecule has 0 radical (unpaired) electrons. The van der Waals surface area contributed by atoms with Crippen molar-refractivity contribution in [1.29, 1.82) is 0 Å². The maximum atomic E-state index is 10.4. The largest absolute Gasteiger partial charge is 0.271 e. The van der Waals surface area contributed by atoms with E-state index in [1.807, 2.05) is 0 Å². The van der Waals surface area contributed by atoms with Gasteiger partial charge in [0.05, 0.1) is 4.92 Å². The number of rotatable bonds is 2. The molecule has 64 valence electrons. The lowest BCUT2D eigenvalue weighted by Gasteiger charge is -1.96. The maximum absolute atomic E-state index is 10.4. The Morgan fingerprint density at radius 1 is 1.50 bits per heavy atom. The number of halogens is 2. The van der Waals surface area contributed by atoms with Crippen LogP contribution in [0.4, 0.5) is 5.69 Å². The summed E-state index contributed by atoms with van der Waals surface area (Å²) >= 11 is 8.84. The SMILES string of the molecule is O=[N+]([O-])c1cc(Cl)cc(CBr)c1. The molecule has 0 saturated heterocycles. The van der Waals surface area contributed by atoms with Crippen LogP contribution in [0.3, 0.4) is 0 Å². The molecule has 12 heavy (non-hydrogen) atoms. The minimum atomic E-state index is -0.460. The van der Waals surface area contributed by atoms with Crippen LogP contribution in [0.1, 0.15) is 5.56 Å². The monoisotopic (exact) mass is 249 g/mol. The Labute approximate surface area is 82.6 Å². The van der Waals surface area contributed by atoms with Gasteiger partial charge in [-0.2, -0.15) is 0 Å². The predicted molar refractivity (Wildman–Crippen MR) is 50.7 cm³/mol. The van der Waals surface area contributed by atoms with Crippen LogP contribution < -0.4 is 0 Å². The molecule has 5 heteroatoms. The molecular weight excluding hydrogens is 245 g/mol. The van der Waals surface area contributed by atoms with Gasteiger partial charge >= 0.3 is 0 Å². The van der Waals surface area contributed by atoms with E-state index in [2.05, 4.69) is 15.9 Å². The predicted octanol–water partition coefficient (Wildman–Crippen LogP) is 3.14. The van der Waals surface area contributed by atoms with E-state index in [1.54, 1.807) is 6.07 Å². The molecule has 0 aliphatic carbocycles. The zero-order valence-corrected chi connectivity index (χ0v) is 8.30. The first-order chi connectivity index (χ1) is 5.63. The number of nitro groups is 1. The van der Waals surface area contributed by atoms with E-state index < -0.39 is 4.92 Å². The summed E-state index contributed by atoms with van der Waals surface area (Å²) in [5, 5.41) is 11.3. The highest BCUT2D eigenvalue weighted by Crippen LogP contribution is 2.21. The van der Waals surface area contributed by atoms with Gasteiger partial charge in [-0.15, -0.1) is 0 Å². The molecule has 1 aromatic carbocycles. The lowest BCUT2D eigenvalue weighted by molar-refractivity contribution is -0.384. The second-order valence-electron chi connectivity index (χ2n) is 2.21. The first-order valence-electron chi connectivity index (χ1n) is 3.13. The standard InChI is InChI=1S/C7H5BrClNO2/c8-4-5-1-6(9)3-7(2-5)10(11)12/h1-3H,4H2. The molecule has 0 fully saturated rings. The third-order valence-electron chi connectivity index (χ3n) is 1.31. The van der Waals surface area contributed by atoms with Crippen molar-refractivity contribution in [2.24, 2.45) is 0 Å². The van der Waals surface area contributed by atoms with Gasteiger partial charge in [0.25, 0.3) is 5.69 Å². The topological polar surface area (TPSA) is 43.1 Å². The molecule has 1 aromatic rings. The third-order valence-corrected chi connectivity index (χ3v) is 2.17. The Morgan fingerprint density at radius 2 is 2.17 bits per heavy atom. The average molecular weight is 250 g/mol. The van der Waals surface area contributed by atoms with Crippen molar-refractivity contribution >= 4 is 33.2 Å². The van der Waals surface area contributed by atoms with Gasteiger partial charge in [0, 0.05) is 22.5 Å². The first-order valence-corrected chi connectivity index (χ1v) is 4.63. The average Bonchev–Trinajstić information content (AvgIpc) is 2.03. The summed E-state index contributed by atoms with van der Waals surface area (Å²) in [7, 11) is 0. The maximum Gasteiger partial charge on any atom is 0.271 e. The van der Waals surface area contributed by atoms with Gasteiger partial charge in [0.2, 0.25) is 0 Å². The van der Waals surface area contributed by atoms with E-state index in [0.29, 0.717) is 10.4 Å². The van der Waals surface area contributed by atoms with Gasteiger partial charge in [-0.3, -0.25) is 10.1 Å². The Kier molecular flexibility index (Phi) is 3.05. The fourth-order valence-electron chi connectivity index (χ4n) is 0.816. The molecule has 0 aliphatic rings. The molecule has 0 heterocycles. The molecule has 0 amide bonds. The third kappa shape index (κ3) is 2.19. The summed E-state index contributed by atoms with van der Waals surface area (Å²) in [6.07, 6.45) is 0. The Bertz CT molecular complexity index is 316. The Balaban J connectivity index is 3.15. The summed E-state index contributed by atoms with van der Waals surface area (Å²) in [6, 6.07) is 4.50. The van der Waals surface area contributed by atoms with E-state index in [1.165, 1.54) is 12.1 Å². The van der Waals surface area contributed by atoms with Gasteiger partial charge in [-0.1, -0.05) is 27.5 Å². The molecule has 0 spiro atoms. The van der Waals surface area contributed by atoms with E-state index in [9.17, 15) is 10.1 Å². The quantitative estimate of drug-likeness (QED) is 0.460. The normalized spacial score (nSPS) is 9.83. The fraction of sp³-hybridized carbons (Fsp3) is 0.143. The fourth-order valence-corrected chi connectivity index (χ4v) is 1.39. The van der Waals surface area contributed by atoms with Crippen LogP contribution in [-0.4, -0.2) is 4.92 Å². The number of nitrogens with zero attached hydrogens (tertiary/aromatic N) is 1. The zero-order valence-electron chi connectivity index (χ0n) is 5.96. The highest BCUT2D eigenvalue weighted by molar-refractivity contribution is 9.08. The van der Waals surface area contributed by atoms with Gasteiger partial charge in [-0.25, -0.2) is 0 Å². The van der Waals surface area contributed by atoms with Gasteiger partial charge in [-0.05, 0) is 11.6 Å². The van der Waals surface area contributed by atoms with Crippen LogP contribution in [0.25, 0.3) is 0 Å². The van der Waals surface area contributed by atoms with Crippen LogP contribution in [0.5, 0.6) is 0 Å². The second kappa shape index (κ2) is 3.87. The summed E-state index contributed by atoms with van der Waals surface area (Å²) in [5.41, 5.74) is 0.825. The molecule has 0 aliphatic heterocycles. The molecule has 1 rings (SSSR count).